The van der Waals surface area contributed by atoms with Crippen LogP contribution in [0.25, 0.3) is 33.4 Å². The van der Waals surface area contributed by atoms with Gasteiger partial charge in [0, 0.05) is 54.2 Å². The van der Waals surface area contributed by atoms with Crippen LogP contribution in [0, 0.1) is 5.82 Å². The lowest BCUT2D eigenvalue weighted by molar-refractivity contribution is 0.630. The monoisotopic (exact) mass is 348 g/mol. The highest BCUT2D eigenvalue weighted by Crippen LogP contribution is 2.32. The fourth-order valence-corrected chi connectivity index (χ4v) is 3.01. The molecule has 4 heterocycles. The topological polar surface area (TPSA) is 71.2 Å². The Morgan fingerprint density at radius 3 is 3.04 bits per heavy atom. The standard InChI is InChI=1S/C19H17FN6/c1-3-12(8-21-4-2)17-16-14(9-23-18(16)25-11-24-17)13-7-15(20)19-22-5-6-26(19)10-13/h3,5-11H,4H2,1-2H3,(H,23,24,25)/b12-3+,21-8?. The third-order valence-electron chi connectivity index (χ3n) is 4.22. The molecule has 0 saturated heterocycles. The Morgan fingerprint density at radius 1 is 1.35 bits per heavy atom. The fraction of sp³-hybridized carbons (Fsp3) is 0.158. The molecule has 0 atom stereocenters. The maximum Gasteiger partial charge on any atom is 0.173 e. The largest absolute Gasteiger partial charge is 0.345 e. The molecule has 4 aromatic heterocycles. The highest BCUT2D eigenvalue weighted by molar-refractivity contribution is 6.15. The lowest BCUT2D eigenvalue weighted by Gasteiger charge is -2.07. The van der Waals surface area contributed by atoms with Crippen molar-refractivity contribution in [2.24, 2.45) is 4.99 Å². The Labute approximate surface area is 149 Å². The molecule has 4 rings (SSSR count). The molecule has 0 aliphatic heterocycles. The number of aliphatic imine (C=N–C) groups is 1. The van der Waals surface area contributed by atoms with Gasteiger partial charge in [-0.05, 0) is 19.9 Å². The number of fused-ring (bicyclic) bond motifs is 2. The smallest absolute Gasteiger partial charge is 0.173 e. The van der Waals surface area contributed by atoms with E-state index in [0.29, 0.717) is 17.8 Å². The first-order chi connectivity index (χ1) is 12.7. The lowest BCUT2D eigenvalue weighted by Crippen LogP contribution is -1.96. The molecule has 0 saturated carbocycles. The Hall–Kier alpha value is -3.35. The van der Waals surface area contributed by atoms with Crippen LogP contribution in [-0.4, -0.2) is 37.1 Å². The van der Waals surface area contributed by atoms with Crippen LogP contribution in [-0.2, 0) is 0 Å². The van der Waals surface area contributed by atoms with Crippen molar-refractivity contribution in [3.8, 4) is 11.1 Å². The van der Waals surface area contributed by atoms with E-state index in [-0.39, 0.29) is 5.82 Å². The number of aromatic nitrogens is 5. The van der Waals surface area contributed by atoms with Gasteiger partial charge in [0.05, 0.1) is 11.1 Å². The highest BCUT2D eigenvalue weighted by Gasteiger charge is 2.16. The van der Waals surface area contributed by atoms with Gasteiger partial charge in [-0.1, -0.05) is 6.08 Å². The van der Waals surface area contributed by atoms with Crippen molar-refractivity contribution in [1.29, 1.82) is 0 Å². The summed E-state index contributed by atoms with van der Waals surface area (Å²) in [6.45, 7) is 4.60. The number of aromatic amines is 1. The molecule has 26 heavy (non-hydrogen) atoms. The molecule has 7 heteroatoms. The van der Waals surface area contributed by atoms with Crippen LogP contribution in [0.5, 0.6) is 0 Å². The van der Waals surface area contributed by atoms with Gasteiger partial charge in [0.2, 0.25) is 0 Å². The van der Waals surface area contributed by atoms with E-state index in [9.17, 15) is 4.39 Å². The quantitative estimate of drug-likeness (QED) is 0.569. The molecule has 0 aromatic carbocycles. The Balaban J connectivity index is 1.97. The molecule has 4 aromatic rings. The van der Waals surface area contributed by atoms with Crippen molar-refractivity contribution in [3.05, 3.63) is 54.8 Å². The average Bonchev–Trinajstić information content (AvgIpc) is 3.29. The number of hydrogen-bond donors (Lipinski definition) is 1. The first-order valence-electron chi connectivity index (χ1n) is 8.34. The van der Waals surface area contributed by atoms with E-state index >= 15 is 0 Å². The van der Waals surface area contributed by atoms with Gasteiger partial charge in [0.1, 0.15) is 12.0 Å². The molecule has 0 bridgehead atoms. The lowest BCUT2D eigenvalue weighted by atomic mass is 10.0. The molecule has 6 nitrogen and oxygen atoms in total. The SMILES string of the molecule is C/C=C(\C=NCC)c1ncnc2[nH]cc(-c3cc(F)c4nccn4c3)c12. The zero-order valence-electron chi connectivity index (χ0n) is 14.4. The number of imidazole rings is 1. The molecule has 0 aliphatic rings. The van der Waals surface area contributed by atoms with Gasteiger partial charge in [0.15, 0.2) is 11.5 Å². The average molecular weight is 348 g/mol. The second-order valence-electron chi connectivity index (χ2n) is 5.75. The summed E-state index contributed by atoms with van der Waals surface area (Å²) in [5, 5.41) is 0.835. The van der Waals surface area contributed by atoms with Crippen molar-refractivity contribution >= 4 is 28.5 Å². The zero-order valence-corrected chi connectivity index (χ0v) is 14.4. The van der Waals surface area contributed by atoms with E-state index in [2.05, 4.69) is 24.9 Å². The van der Waals surface area contributed by atoms with E-state index in [0.717, 1.165) is 27.8 Å². The number of H-pyrrole nitrogens is 1. The normalized spacial score (nSPS) is 12.7. The third-order valence-corrected chi connectivity index (χ3v) is 4.22. The summed E-state index contributed by atoms with van der Waals surface area (Å²) >= 11 is 0. The predicted octanol–water partition coefficient (Wildman–Crippen LogP) is 3.91. The molecule has 0 aliphatic carbocycles. The van der Waals surface area contributed by atoms with E-state index in [1.807, 2.05) is 32.3 Å². The van der Waals surface area contributed by atoms with Gasteiger partial charge < -0.3 is 9.38 Å². The molecule has 0 fully saturated rings. The summed E-state index contributed by atoms with van der Waals surface area (Å²) in [6, 6.07) is 1.48. The van der Waals surface area contributed by atoms with Crippen LogP contribution in [0.4, 0.5) is 4.39 Å². The molecule has 1 N–H and O–H groups in total. The van der Waals surface area contributed by atoms with Gasteiger partial charge in [-0.3, -0.25) is 4.99 Å². The van der Waals surface area contributed by atoms with E-state index in [1.165, 1.54) is 12.4 Å². The van der Waals surface area contributed by atoms with Crippen molar-refractivity contribution < 1.29 is 4.39 Å². The van der Waals surface area contributed by atoms with Crippen LogP contribution in [0.2, 0.25) is 0 Å². The molecule has 130 valence electrons. The second kappa shape index (κ2) is 6.51. The minimum Gasteiger partial charge on any atom is -0.345 e. The zero-order chi connectivity index (χ0) is 18.1. The minimum absolute atomic E-state index is 0.300. The van der Waals surface area contributed by atoms with E-state index < -0.39 is 0 Å². The highest BCUT2D eigenvalue weighted by atomic mass is 19.1. The van der Waals surface area contributed by atoms with Crippen molar-refractivity contribution in [2.75, 3.05) is 6.54 Å². The number of allylic oxidation sites excluding steroid dienone is 2. The molecule has 0 spiro atoms. The van der Waals surface area contributed by atoms with Crippen LogP contribution in [0.15, 0.2) is 48.2 Å². The molecule has 0 radical (unpaired) electrons. The number of halogens is 1. The van der Waals surface area contributed by atoms with Gasteiger partial charge in [-0.2, -0.15) is 0 Å². The number of rotatable bonds is 4. The maximum atomic E-state index is 14.4. The summed E-state index contributed by atoms with van der Waals surface area (Å²) in [5.74, 6) is -0.376. The maximum absolute atomic E-state index is 14.4. The minimum atomic E-state index is -0.376. The van der Waals surface area contributed by atoms with Gasteiger partial charge in [-0.15, -0.1) is 0 Å². The number of nitrogens with zero attached hydrogens (tertiary/aromatic N) is 5. The summed E-state index contributed by atoms with van der Waals surface area (Å²) in [5.41, 5.74) is 4.20. The summed E-state index contributed by atoms with van der Waals surface area (Å²) in [7, 11) is 0. The van der Waals surface area contributed by atoms with Gasteiger partial charge in [0.25, 0.3) is 0 Å². The van der Waals surface area contributed by atoms with Gasteiger partial charge >= 0.3 is 0 Å². The Bertz CT molecular complexity index is 1150. The van der Waals surface area contributed by atoms with Crippen LogP contribution in [0.1, 0.15) is 19.5 Å². The van der Waals surface area contributed by atoms with Crippen LogP contribution < -0.4 is 0 Å². The van der Waals surface area contributed by atoms with Crippen molar-refractivity contribution in [2.45, 2.75) is 13.8 Å². The predicted molar refractivity (Wildman–Crippen MR) is 101 cm³/mol. The first kappa shape index (κ1) is 16.1. The van der Waals surface area contributed by atoms with Crippen LogP contribution >= 0.6 is 0 Å². The summed E-state index contributed by atoms with van der Waals surface area (Å²) in [6.07, 6.45) is 12.2. The van der Waals surface area contributed by atoms with Gasteiger partial charge in [-0.25, -0.2) is 19.3 Å². The first-order valence-corrected chi connectivity index (χ1v) is 8.34. The summed E-state index contributed by atoms with van der Waals surface area (Å²) < 4.78 is 16.1. The summed E-state index contributed by atoms with van der Waals surface area (Å²) in [4.78, 5) is 20.3. The number of hydrogen-bond acceptors (Lipinski definition) is 4. The Morgan fingerprint density at radius 2 is 2.23 bits per heavy atom. The Kier molecular flexibility index (Phi) is 4.04. The molecular weight excluding hydrogens is 331 g/mol. The van der Waals surface area contributed by atoms with Crippen molar-refractivity contribution in [1.82, 2.24) is 24.3 Å². The fourth-order valence-electron chi connectivity index (χ4n) is 3.01. The number of pyridine rings is 1. The van der Waals surface area contributed by atoms with Crippen molar-refractivity contribution in [3.63, 3.8) is 0 Å². The molecule has 0 unspecified atom stereocenters. The van der Waals surface area contributed by atoms with E-state index in [1.54, 1.807) is 23.0 Å². The third kappa shape index (κ3) is 2.57. The second-order valence-corrected chi connectivity index (χ2v) is 5.75. The number of nitrogens with one attached hydrogen (secondary N) is 1. The van der Waals surface area contributed by atoms with E-state index in [4.69, 9.17) is 0 Å². The van der Waals surface area contributed by atoms with Crippen LogP contribution in [0.3, 0.4) is 0 Å². The molecule has 0 amide bonds. The molecular formula is C19H17FN6.